The van der Waals surface area contributed by atoms with E-state index in [0.29, 0.717) is 22.4 Å². The van der Waals surface area contributed by atoms with Gasteiger partial charge in [-0.05, 0) is 37.3 Å². The first-order chi connectivity index (χ1) is 12.6. The number of hydrogen-bond acceptors (Lipinski definition) is 5. The molecule has 0 unspecified atom stereocenters. The Morgan fingerprint density at radius 3 is 2.88 bits per heavy atom. The molecule has 0 radical (unpaired) electrons. The molecule has 1 fully saturated rings. The fraction of sp³-hybridized carbons (Fsp3) is 0.389. The van der Waals surface area contributed by atoms with Crippen LogP contribution in [0, 0.1) is 0 Å². The zero-order valence-electron chi connectivity index (χ0n) is 14.1. The maximum absolute atomic E-state index is 13.8. The lowest BCUT2D eigenvalue weighted by Crippen LogP contribution is -2.15. The van der Waals surface area contributed by atoms with Crippen molar-refractivity contribution in [3.63, 3.8) is 0 Å². The lowest BCUT2D eigenvalue weighted by atomic mass is 10.1. The molecular formula is C18H17F2N3O2S. The molecule has 26 heavy (non-hydrogen) atoms. The van der Waals surface area contributed by atoms with Crippen LogP contribution in [0.2, 0.25) is 0 Å². The molecule has 1 aliphatic carbocycles. The smallest absolute Gasteiger partial charge is 0.327 e. The molecule has 0 amide bonds. The lowest BCUT2D eigenvalue weighted by Gasteiger charge is -2.08. The number of thiophene rings is 1. The van der Waals surface area contributed by atoms with Crippen molar-refractivity contribution in [2.24, 2.45) is 0 Å². The normalized spacial score (nSPS) is 14.3. The quantitative estimate of drug-likeness (QED) is 0.592. The number of alkyl halides is 2. The first kappa shape index (κ1) is 17.1. The predicted molar refractivity (Wildman–Crippen MR) is 94.4 cm³/mol. The maximum atomic E-state index is 13.8. The molecule has 0 bridgehead atoms. The molecule has 0 aliphatic heterocycles. The van der Waals surface area contributed by atoms with Gasteiger partial charge in [-0.15, -0.1) is 11.3 Å². The number of halogens is 2. The number of carbonyl (C=O) groups excluding carboxylic acids is 1. The molecular weight excluding hydrogens is 360 g/mol. The minimum Gasteiger partial charge on any atom is -0.465 e. The lowest BCUT2D eigenvalue weighted by molar-refractivity contribution is -0.143. The van der Waals surface area contributed by atoms with E-state index < -0.39 is 12.4 Å². The van der Waals surface area contributed by atoms with Crippen LogP contribution < -0.4 is 0 Å². The maximum Gasteiger partial charge on any atom is 0.327 e. The SMILES string of the molecule is CCOC(=O)Cn1nc(C2CC2)c2c(C(F)F)cc(-c3cccs3)nc21. The second-order valence-electron chi connectivity index (χ2n) is 6.20. The highest BCUT2D eigenvalue weighted by molar-refractivity contribution is 7.13. The summed E-state index contributed by atoms with van der Waals surface area (Å²) in [6.45, 7) is 1.83. The Balaban J connectivity index is 1.92. The Morgan fingerprint density at radius 2 is 2.27 bits per heavy atom. The highest BCUT2D eigenvalue weighted by Crippen LogP contribution is 2.45. The molecule has 3 aromatic heterocycles. The Hall–Kier alpha value is -2.35. The largest absolute Gasteiger partial charge is 0.465 e. The van der Waals surface area contributed by atoms with Gasteiger partial charge in [0, 0.05) is 11.5 Å². The van der Waals surface area contributed by atoms with Gasteiger partial charge in [-0.2, -0.15) is 5.10 Å². The van der Waals surface area contributed by atoms with E-state index in [1.807, 2.05) is 17.5 Å². The van der Waals surface area contributed by atoms with Crippen molar-refractivity contribution in [3.05, 3.63) is 34.8 Å². The van der Waals surface area contributed by atoms with Crippen LogP contribution in [0.1, 0.15) is 43.4 Å². The number of carbonyl (C=O) groups is 1. The van der Waals surface area contributed by atoms with E-state index in [9.17, 15) is 13.6 Å². The number of rotatable bonds is 6. The summed E-state index contributed by atoms with van der Waals surface area (Å²) < 4.78 is 34.0. The predicted octanol–water partition coefficient (Wildman–Crippen LogP) is 4.54. The summed E-state index contributed by atoms with van der Waals surface area (Å²) in [6.07, 6.45) is -0.807. The molecule has 0 N–H and O–H groups in total. The van der Waals surface area contributed by atoms with Gasteiger partial charge >= 0.3 is 5.97 Å². The average Bonchev–Trinajstić information content (AvgIpc) is 3.18. The van der Waals surface area contributed by atoms with E-state index in [2.05, 4.69) is 10.1 Å². The van der Waals surface area contributed by atoms with Crippen LogP contribution in [0.5, 0.6) is 0 Å². The van der Waals surface area contributed by atoms with Gasteiger partial charge in [0.2, 0.25) is 0 Å². The van der Waals surface area contributed by atoms with Crippen LogP contribution >= 0.6 is 11.3 Å². The van der Waals surface area contributed by atoms with Gasteiger partial charge in [-0.25, -0.2) is 18.4 Å². The molecule has 0 spiro atoms. The van der Waals surface area contributed by atoms with E-state index >= 15 is 0 Å². The van der Waals surface area contributed by atoms with Crippen molar-refractivity contribution in [2.45, 2.75) is 38.7 Å². The number of esters is 1. The molecule has 1 aliphatic rings. The van der Waals surface area contributed by atoms with Crippen molar-refractivity contribution in [1.29, 1.82) is 0 Å². The number of ether oxygens (including phenoxy) is 1. The molecule has 1 saturated carbocycles. The van der Waals surface area contributed by atoms with Gasteiger partial charge in [-0.1, -0.05) is 6.07 Å². The number of nitrogens with zero attached hydrogens (tertiary/aromatic N) is 3. The number of hydrogen-bond donors (Lipinski definition) is 0. The van der Waals surface area contributed by atoms with Crippen molar-refractivity contribution in [3.8, 4) is 10.6 Å². The summed E-state index contributed by atoms with van der Waals surface area (Å²) in [5, 5.41) is 6.71. The molecule has 3 aromatic rings. The highest BCUT2D eigenvalue weighted by Gasteiger charge is 2.33. The summed E-state index contributed by atoms with van der Waals surface area (Å²) in [5.74, 6) is -0.297. The summed E-state index contributed by atoms with van der Waals surface area (Å²) in [4.78, 5) is 17.3. The van der Waals surface area contributed by atoms with E-state index in [1.165, 1.54) is 22.1 Å². The minimum atomic E-state index is -2.64. The summed E-state index contributed by atoms with van der Waals surface area (Å²) >= 11 is 1.43. The van der Waals surface area contributed by atoms with E-state index in [4.69, 9.17) is 4.74 Å². The van der Waals surface area contributed by atoms with E-state index in [1.54, 1.807) is 6.92 Å². The van der Waals surface area contributed by atoms with Crippen LogP contribution in [0.4, 0.5) is 8.78 Å². The molecule has 5 nitrogen and oxygen atoms in total. The molecule has 0 saturated heterocycles. The van der Waals surface area contributed by atoms with Gasteiger partial charge in [0.25, 0.3) is 6.43 Å². The van der Waals surface area contributed by atoms with Crippen LogP contribution in [0.25, 0.3) is 21.6 Å². The third-order valence-corrected chi connectivity index (χ3v) is 5.21. The van der Waals surface area contributed by atoms with Crippen LogP contribution in [-0.2, 0) is 16.1 Å². The Morgan fingerprint density at radius 1 is 1.46 bits per heavy atom. The van der Waals surface area contributed by atoms with Gasteiger partial charge in [0.1, 0.15) is 6.54 Å². The average molecular weight is 377 g/mol. The van der Waals surface area contributed by atoms with Gasteiger partial charge < -0.3 is 4.74 Å². The van der Waals surface area contributed by atoms with Gasteiger partial charge in [-0.3, -0.25) is 4.79 Å². The third kappa shape index (κ3) is 3.09. The Kier molecular flexibility index (Phi) is 4.44. The van der Waals surface area contributed by atoms with Crippen molar-refractivity contribution < 1.29 is 18.3 Å². The summed E-state index contributed by atoms with van der Waals surface area (Å²) in [5.41, 5.74) is 1.33. The number of pyridine rings is 1. The minimum absolute atomic E-state index is 0.0737. The van der Waals surface area contributed by atoms with E-state index in [0.717, 1.165) is 17.7 Å². The topological polar surface area (TPSA) is 57.0 Å². The fourth-order valence-corrected chi connectivity index (χ4v) is 3.72. The van der Waals surface area contributed by atoms with Crippen molar-refractivity contribution >= 4 is 28.3 Å². The molecule has 3 heterocycles. The summed E-state index contributed by atoms with van der Waals surface area (Å²) in [7, 11) is 0. The first-order valence-corrected chi connectivity index (χ1v) is 9.35. The second kappa shape index (κ2) is 6.75. The number of aromatic nitrogens is 3. The molecule has 0 atom stereocenters. The van der Waals surface area contributed by atoms with Gasteiger partial charge in [0.15, 0.2) is 5.65 Å². The summed E-state index contributed by atoms with van der Waals surface area (Å²) in [6, 6.07) is 5.13. The zero-order valence-corrected chi connectivity index (χ0v) is 14.9. The second-order valence-corrected chi connectivity index (χ2v) is 7.14. The van der Waals surface area contributed by atoms with Crippen molar-refractivity contribution in [1.82, 2.24) is 14.8 Å². The first-order valence-electron chi connectivity index (χ1n) is 8.47. The Bertz CT molecular complexity index is 949. The Labute approximate surface area is 152 Å². The van der Waals surface area contributed by atoms with Crippen LogP contribution in [-0.4, -0.2) is 27.3 Å². The molecule has 0 aromatic carbocycles. The monoisotopic (exact) mass is 377 g/mol. The number of fused-ring (bicyclic) bond motifs is 1. The van der Waals surface area contributed by atoms with E-state index in [-0.39, 0.29) is 24.6 Å². The fourth-order valence-electron chi connectivity index (χ4n) is 3.03. The third-order valence-electron chi connectivity index (χ3n) is 4.32. The standard InChI is InChI=1S/C18H17F2N3O2S/c1-2-25-14(24)9-23-18-15(16(22-23)10-5-6-10)11(17(19)20)8-12(21-18)13-4-3-7-26-13/h3-4,7-8,10,17H,2,5-6,9H2,1H3. The molecule has 4 rings (SSSR count). The van der Waals surface area contributed by atoms with Crippen molar-refractivity contribution in [2.75, 3.05) is 6.61 Å². The molecule has 8 heteroatoms. The highest BCUT2D eigenvalue weighted by atomic mass is 32.1. The van der Waals surface area contributed by atoms with Gasteiger partial charge in [0.05, 0.1) is 28.3 Å². The van der Waals surface area contributed by atoms with Crippen LogP contribution in [0.3, 0.4) is 0 Å². The van der Waals surface area contributed by atoms with Crippen LogP contribution in [0.15, 0.2) is 23.6 Å². The molecule has 136 valence electrons. The zero-order chi connectivity index (χ0) is 18.3.